The maximum absolute atomic E-state index is 6.16. The Morgan fingerprint density at radius 2 is 2.08 bits per heavy atom. The number of rotatable bonds is 6. The Kier molecular flexibility index (Phi) is 9.38. The molecule has 0 atom stereocenters. The van der Waals surface area contributed by atoms with Crippen LogP contribution >= 0.6 is 47.2 Å². The van der Waals surface area contributed by atoms with Gasteiger partial charge in [-0.2, -0.15) is 0 Å². The normalized spacial score (nSPS) is 11.1. The Morgan fingerprint density at radius 1 is 1.29 bits per heavy atom. The lowest BCUT2D eigenvalue weighted by molar-refractivity contribution is 0.708. The van der Waals surface area contributed by atoms with Gasteiger partial charge in [0.15, 0.2) is 11.8 Å². The number of hydrogen-bond donors (Lipinski definition) is 2. The number of nitrogens with one attached hydrogen (secondary N) is 2. The van der Waals surface area contributed by atoms with Crippen LogP contribution in [0.1, 0.15) is 17.8 Å². The number of nitrogens with zero attached hydrogens (tertiary/aromatic N) is 4. The largest absolute Gasteiger partial charge is 0.356 e. The first-order valence-corrected chi connectivity index (χ1v) is 8.07. The Balaban J connectivity index is 0.00000288. The lowest BCUT2D eigenvalue weighted by atomic mass is 10.1. The van der Waals surface area contributed by atoms with Crippen molar-refractivity contribution in [1.82, 2.24) is 25.4 Å². The van der Waals surface area contributed by atoms with Gasteiger partial charge in [-0.15, -0.1) is 34.2 Å². The van der Waals surface area contributed by atoms with Gasteiger partial charge in [-0.05, 0) is 30.5 Å². The molecule has 0 aliphatic carbocycles. The number of guanidine groups is 1. The predicted molar refractivity (Wildman–Crippen MR) is 109 cm³/mol. The van der Waals surface area contributed by atoms with Crippen LogP contribution in [0.15, 0.2) is 29.5 Å². The van der Waals surface area contributed by atoms with Crippen molar-refractivity contribution in [3.05, 3.63) is 46.0 Å². The number of halogens is 3. The van der Waals surface area contributed by atoms with Gasteiger partial charge in [-0.25, -0.2) is 0 Å². The molecule has 0 aliphatic rings. The van der Waals surface area contributed by atoms with E-state index in [1.807, 2.05) is 23.7 Å². The first-order valence-electron chi connectivity index (χ1n) is 7.31. The maximum Gasteiger partial charge on any atom is 0.191 e. The average Bonchev–Trinajstić information content (AvgIpc) is 2.93. The summed E-state index contributed by atoms with van der Waals surface area (Å²) in [6.07, 6.45) is 3.48. The standard InChI is InChI=1S/C15H20Cl2N6.HI/c1-18-15(20-9-14-22-21-10-23(14)2)19-7-3-4-11-5-6-12(16)8-13(11)17;/h5-6,8,10H,3-4,7,9H2,1-2H3,(H2,18,19,20);1H. The zero-order valence-corrected chi connectivity index (χ0v) is 17.4. The van der Waals surface area contributed by atoms with E-state index in [0.29, 0.717) is 16.6 Å². The van der Waals surface area contributed by atoms with Gasteiger partial charge in [-0.1, -0.05) is 29.3 Å². The summed E-state index contributed by atoms with van der Waals surface area (Å²) < 4.78 is 1.86. The van der Waals surface area contributed by atoms with E-state index in [9.17, 15) is 0 Å². The second-order valence-electron chi connectivity index (χ2n) is 5.05. The van der Waals surface area contributed by atoms with Crippen molar-refractivity contribution < 1.29 is 0 Å². The number of aromatic nitrogens is 3. The second kappa shape index (κ2) is 10.7. The smallest absolute Gasteiger partial charge is 0.191 e. The van der Waals surface area contributed by atoms with E-state index < -0.39 is 0 Å². The molecule has 2 N–H and O–H groups in total. The van der Waals surface area contributed by atoms with E-state index in [1.165, 1.54) is 0 Å². The molecule has 0 bridgehead atoms. The summed E-state index contributed by atoms with van der Waals surface area (Å²) in [4.78, 5) is 4.18. The summed E-state index contributed by atoms with van der Waals surface area (Å²) in [5, 5.41) is 15.7. The van der Waals surface area contributed by atoms with Gasteiger partial charge in [0.1, 0.15) is 6.33 Å². The van der Waals surface area contributed by atoms with Crippen molar-refractivity contribution >= 4 is 53.1 Å². The molecule has 132 valence electrons. The number of benzene rings is 1. The van der Waals surface area contributed by atoms with Gasteiger partial charge in [0.05, 0.1) is 6.54 Å². The third kappa shape index (κ3) is 6.45. The molecular weight excluding hydrogens is 462 g/mol. The van der Waals surface area contributed by atoms with E-state index in [2.05, 4.69) is 25.8 Å². The third-order valence-corrected chi connectivity index (χ3v) is 3.96. The van der Waals surface area contributed by atoms with Crippen molar-refractivity contribution in [3.8, 4) is 0 Å². The minimum atomic E-state index is 0. The molecule has 0 saturated heterocycles. The van der Waals surface area contributed by atoms with Crippen molar-refractivity contribution in [3.63, 3.8) is 0 Å². The van der Waals surface area contributed by atoms with Crippen LogP contribution in [-0.2, 0) is 20.0 Å². The lowest BCUT2D eigenvalue weighted by Crippen LogP contribution is -2.37. The molecule has 6 nitrogen and oxygen atoms in total. The minimum absolute atomic E-state index is 0. The van der Waals surface area contributed by atoms with Crippen molar-refractivity contribution in [2.24, 2.45) is 12.0 Å². The fourth-order valence-corrected chi connectivity index (χ4v) is 2.56. The van der Waals surface area contributed by atoms with Gasteiger partial charge in [0, 0.05) is 30.7 Å². The SMILES string of the molecule is CN=C(NCCCc1ccc(Cl)cc1Cl)NCc1nncn1C.I. The minimum Gasteiger partial charge on any atom is -0.356 e. The van der Waals surface area contributed by atoms with E-state index in [-0.39, 0.29) is 24.0 Å². The van der Waals surface area contributed by atoms with Crippen LogP contribution in [0.3, 0.4) is 0 Å². The van der Waals surface area contributed by atoms with E-state index in [0.717, 1.165) is 36.7 Å². The average molecular weight is 483 g/mol. The summed E-state index contributed by atoms with van der Waals surface area (Å²) in [6, 6.07) is 5.59. The molecule has 0 fully saturated rings. The molecule has 0 unspecified atom stereocenters. The first kappa shape index (κ1) is 21.0. The van der Waals surface area contributed by atoms with E-state index in [1.54, 1.807) is 19.4 Å². The fraction of sp³-hybridized carbons (Fsp3) is 0.400. The fourth-order valence-electron chi connectivity index (χ4n) is 2.06. The summed E-state index contributed by atoms with van der Waals surface area (Å²) >= 11 is 12.1. The molecule has 1 aromatic carbocycles. The van der Waals surface area contributed by atoms with Gasteiger partial charge in [0.2, 0.25) is 0 Å². The van der Waals surface area contributed by atoms with Crippen LogP contribution in [0.2, 0.25) is 10.0 Å². The van der Waals surface area contributed by atoms with Gasteiger partial charge >= 0.3 is 0 Å². The highest BCUT2D eigenvalue weighted by Gasteiger charge is 2.04. The Morgan fingerprint density at radius 3 is 2.71 bits per heavy atom. The molecule has 2 aromatic rings. The number of aliphatic imine (C=N–C) groups is 1. The monoisotopic (exact) mass is 482 g/mol. The van der Waals surface area contributed by atoms with E-state index >= 15 is 0 Å². The van der Waals surface area contributed by atoms with Crippen molar-refractivity contribution in [2.45, 2.75) is 19.4 Å². The Hall–Kier alpha value is -1.06. The van der Waals surface area contributed by atoms with Crippen molar-refractivity contribution in [1.29, 1.82) is 0 Å². The lowest BCUT2D eigenvalue weighted by Gasteiger charge is -2.11. The molecule has 1 aromatic heterocycles. The Bertz CT molecular complexity index is 674. The first-order chi connectivity index (χ1) is 11.1. The molecule has 0 amide bonds. The van der Waals surface area contributed by atoms with Crippen molar-refractivity contribution in [2.75, 3.05) is 13.6 Å². The molecule has 0 radical (unpaired) electrons. The van der Waals surface area contributed by atoms with Crippen LogP contribution in [-0.4, -0.2) is 34.3 Å². The molecule has 0 saturated carbocycles. The summed E-state index contributed by atoms with van der Waals surface area (Å²) in [5.74, 6) is 1.58. The third-order valence-electron chi connectivity index (χ3n) is 3.37. The van der Waals surface area contributed by atoms with Gasteiger partial charge in [-0.3, -0.25) is 4.99 Å². The summed E-state index contributed by atoms with van der Waals surface area (Å²) in [6.45, 7) is 1.36. The molecule has 0 spiro atoms. The summed E-state index contributed by atoms with van der Waals surface area (Å²) in [7, 11) is 3.64. The highest BCUT2D eigenvalue weighted by Crippen LogP contribution is 2.21. The molecule has 9 heteroatoms. The highest BCUT2D eigenvalue weighted by molar-refractivity contribution is 14.0. The highest BCUT2D eigenvalue weighted by atomic mass is 127. The Labute approximate surface area is 169 Å². The molecule has 1 heterocycles. The molecule has 2 rings (SSSR count). The molecular formula is C15H21Cl2IN6. The van der Waals surface area contributed by atoms with Gasteiger partial charge in [0.25, 0.3) is 0 Å². The number of aryl methyl sites for hydroxylation is 2. The second-order valence-corrected chi connectivity index (χ2v) is 5.89. The quantitative estimate of drug-likeness (QED) is 0.287. The van der Waals surface area contributed by atoms with Crippen LogP contribution in [0, 0.1) is 0 Å². The predicted octanol–water partition coefficient (Wildman–Crippen LogP) is 3.04. The molecule has 0 aliphatic heterocycles. The van der Waals surface area contributed by atoms with Crippen LogP contribution in [0.25, 0.3) is 0 Å². The van der Waals surface area contributed by atoms with Crippen LogP contribution < -0.4 is 10.6 Å². The molecule has 24 heavy (non-hydrogen) atoms. The number of hydrogen-bond acceptors (Lipinski definition) is 3. The zero-order valence-electron chi connectivity index (χ0n) is 13.6. The van der Waals surface area contributed by atoms with Gasteiger partial charge < -0.3 is 15.2 Å². The topological polar surface area (TPSA) is 67.1 Å². The van der Waals surface area contributed by atoms with Crippen LogP contribution in [0.4, 0.5) is 0 Å². The van der Waals surface area contributed by atoms with E-state index in [4.69, 9.17) is 23.2 Å². The maximum atomic E-state index is 6.16. The summed E-state index contributed by atoms with van der Waals surface area (Å²) in [5.41, 5.74) is 1.10. The van der Waals surface area contributed by atoms with Crippen LogP contribution in [0.5, 0.6) is 0 Å². The zero-order chi connectivity index (χ0) is 16.7.